The minimum atomic E-state index is -0.999. The number of hydrogen-bond acceptors (Lipinski definition) is 7. The number of aromatic nitrogens is 2. The van der Waals surface area contributed by atoms with Crippen LogP contribution < -0.4 is 16.0 Å². The van der Waals surface area contributed by atoms with Crippen LogP contribution >= 0.6 is 0 Å². The number of aliphatic carboxylic acids is 1. The van der Waals surface area contributed by atoms with Gasteiger partial charge in [-0.25, -0.2) is 15.6 Å². The van der Waals surface area contributed by atoms with Gasteiger partial charge in [0.15, 0.2) is 0 Å². The molecule has 1 atom stereocenters. The van der Waals surface area contributed by atoms with E-state index in [1.807, 2.05) is 24.3 Å². The number of nitrogen functional groups attached to an aromatic ring is 1. The first kappa shape index (κ1) is 27.3. The molecular weight excluding hydrogens is 522 g/mol. The second kappa shape index (κ2) is 11.9. The zero-order valence-corrected chi connectivity index (χ0v) is 22.3. The zero-order valence-electron chi connectivity index (χ0n) is 22.3. The van der Waals surface area contributed by atoms with Crippen LogP contribution in [0, 0.1) is 11.8 Å². The number of nitrogens with one attached hydrogen (secondary N) is 1. The molecule has 3 heterocycles. The summed E-state index contributed by atoms with van der Waals surface area (Å²) in [6.45, 7) is 0.393. The number of amides is 2. The predicted molar refractivity (Wildman–Crippen MR) is 152 cm³/mol. The summed E-state index contributed by atoms with van der Waals surface area (Å²) in [4.78, 5) is 47.4. The van der Waals surface area contributed by atoms with E-state index in [2.05, 4.69) is 27.2 Å². The third kappa shape index (κ3) is 5.71. The van der Waals surface area contributed by atoms with Gasteiger partial charge >= 0.3 is 5.97 Å². The van der Waals surface area contributed by atoms with E-state index in [0.29, 0.717) is 52.0 Å². The monoisotopic (exact) mass is 549 g/mol. The molecule has 1 saturated heterocycles. The average molecular weight is 550 g/mol. The van der Waals surface area contributed by atoms with E-state index in [1.165, 1.54) is 12.0 Å². The van der Waals surface area contributed by atoms with Crippen LogP contribution in [0.15, 0.2) is 67.0 Å². The van der Waals surface area contributed by atoms with Gasteiger partial charge in [-0.3, -0.25) is 20.0 Å². The number of hydrazine groups is 1. The summed E-state index contributed by atoms with van der Waals surface area (Å²) in [6, 6.07) is 15.0. The van der Waals surface area contributed by atoms with Crippen molar-refractivity contribution in [1.29, 1.82) is 0 Å². The molecule has 4 N–H and O–H groups in total. The quantitative estimate of drug-likeness (QED) is 0.149. The van der Waals surface area contributed by atoms with Gasteiger partial charge in [0.25, 0.3) is 11.8 Å². The third-order valence-electron chi connectivity index (χ3n) is 7.00. The molecule has 2 amide bonds. The number of fused-ring (bicyclic) bond motifs is 1. The maximum absolute atomic E-state index is 13.2. The molecule has 1 aliphatic rings. The number of carboxylic acid groups (broad SMARTS) is 1. The molecule has 4 aromatic rings. The number of ether oxygens (including phenoxy) is 1. The first-order valence-electron chi connectivity index (χ1n) is 13.0. The van der Waals surface area contributed by atoms with Crippen molar-refractivity contribution in [2.75, 3.05) is 13.7 Å². The zero-order chi connectivity index (χ0) is 28.9. The Hall–Kier alpha value is -5.27. The number of benzene rings is 2. The molecule has 1 unspecified atom stereocenters. The highest BCUT2D eigenvalue weighted by Crippen LogP contribution is 2.27. The molecule has 0 aliphatic carbocycles. The Labute approximate surface area is 236 Å². The molecule has 10 nitrogen and oxygen atoms in total. The molecule has 206 valence electrons. The van der Waals surface area contributed by atoms with Crippen LogP contribution in [0.1, 0.15) is 51.1 Å². The third-order valence-corrected chi connectivity index (χ3v) is 7.00. The van der Waals surface area contributed by atoms with Crippen LogP contribution in [0.4, 0.5) is 0 Å². The molecule has 2 aromatic heterocycles. The standard InChI is InChI=1S/C31H27N5O5/c1-41-28-16-20(9-12-22(28)30(38)36-15-3-2-4-27(36)31(39)40)6-5-19-7-10-21(11-8-19)26-17-23(29(37)35-32)24-18-33-14-13-25(24)34-26/h7-14,16-18,27H,2-4,15,32H2,1H3,(H,35,37)(H,39,40). The molecule has 2 aromatic carbocycles. The molecule has 0 spiro atoms. The number of nitrogens with two attached hydrogens (primary N) is 1. The minimum Gasteiger partial charge on any atom is -0.496 e. The van der Waals surface area contributed by atoms with Crippen molar-refractivity contribution >= 4 is 28.7 Å². The van der Waals surface area contributed by atoms with E-state index in [-0.39, 0.29) is 5.91 Å². The molecule has 10 heteroatoms. The van der Waals surface area contributed by atoms with Gasteiger partial charge in [0, 0.05) is 41.0 Å². The lowest BCUT2D eigenvalue weighted by atomic mass is 10.00. The van der Waals surface area contributed by atoms with Gasteiger partial charge in [-0.1, -0.05) is 24.0 Å². The summed E-state index contributed by atoms with van der Waals surface area (Å²) < 4.78 is 5.47. The van der Waals surface area contributed by atoms with E-state index in [1.54, 1.807) is 42.7 Å². The van der Waals surface area contributed by atoms with Crippen molar-refractivity contribution in [1.82, 2.24) is 20.3 Å². The smallest absolute Gasteiger partial charge is 0.326 e. The number of piperidine rings is 1. The van der Waals surface area contributed by atoms with Gasteiger partial charge in [0.1, 0.15) is 11.8 Å². The summed E-state index contributed by atoms with van der Waals surface area (Å²) in [5.41, 5.74) is 6.24. The number of pyridine rings is 2. The number of carboxylic acids is 1. The largest absolute Gasteiger partial charge is 0.496 e. The van der Waals surface area contributed by atoms with Gasteiger partial charge in [0.2, 0.25) is 0 Å². The lowest BCUT2D eigenvalue weighted by molar-refractivity contribution is -0.143. The van der Waals surface area contributed by atoms with Crippen LogP contribution in [-0.2, 0) is 4.79 Å². The Bertz CT molecular complexity index is 1710. The summed E-state index contributed by atoms with van der Waals surface area (Å²) >= 11 is 0. The molecule has 1 aliphatic heterocycles. The van der Waals surface area contributed by atoms with Crippen molar-refractivity contribution in [3.63, 3.8) is 0 Å². The Morgan fingerprint density at radius 3 is 2.51 bits per heavy atom. The topological polar surface area (TPSA) is 148 Å². The molecule has 0 radical (unpaired) electrons. The van der Waals surface area contributed by atoms with Crippen molar-refractivity contribution < 1.29 is 24.2 Å². The maximum Gasteiger partial charge on any atom is 0.326 e. The van der Waals surface area contributed by atoms with Crippen LogP contribution in [0.2, 0.25) is 0 Å². The molecule has 0 saturated carbocycles. The fourth-order valence-corrected chi connectivity index (χ4v) is 4.88. The fourth-order valence-electron chi connectivity index (χ4n) is 4.88. The summed E-state index contributed by atoms with van der Waals surface area (Å²) in [5.74, 6) is 10.1. The number of rotatable bonds is 5. The normalized spacial score (nSPS) is 14.6. The van der Waals surface area contributed by atoms with Gasteiger partial charge < -0.3 is 14.7 Å². The van der Waals surface area contributed by atoms with Crippen LogP contribution in [-0.4, -0.2) is 57.5 Å². The van der Waals surface area contributed by atoms with Crippen LogP contribution in [0.25, 0.3) is 22.2 Å². The number of carbonyl (C=O) groups is 3. The van der Waals surface area contributed by atoms with Gasteiger partial charge in [0.05, 0.1) is 29.4 Å². The minimum absolute atomic E-state index is 0.303. The van der Waals surface area contributed by atoms with Gasteiger partial charge in [-0.05, 0) is 61.7 Å². The lowest BCUT2D eigenvalue weighted by Crippen LogP contribution is -2.48. The van der Waals surface area contributed by atoms with E-state index < -0.39 is 17.9 Å². The highest BCUT2D eigenvalue weighted by Gasteiger charge is 2.33. The van der Waals surface area contributed by atoms with Crippen molar-refractivity contribution in [2.45, 2.75) is 25.3 Å². The van der Waals surface area contributed by atoms with Gasteiger partial charge in [-0.15, -0.1) is 0 Å². The highest BCUT2D eigenvalue weighted by molar-refractivity contribution is 6.06. The van der Waals surface area contributed by atoms with E-state index in [4.69, 9.17) is 10.6 Å². The van der Waals surface area contributed by atoms with Crippen LogP contribution in [0.5, 0.6) is 5.75 Å². The summed E-state index contributed by atoms with van der Waals surface area (Å²) in [7, 11) is 1.47. The van der Waals surface area contributed by atoms with E-state index >= 15 is 0 Å². The number of carbonyl (C=O) groups excluding carboxylic acids is 2. The lowest BCUT2D eigenvalue weighted by Gasteiger charge is -2.33. The summed E-state index contributed by atoms with van der Waals surface area (Å²) in [6.07, 6.45) is 5.16. The Morgan fingerprint density at radius 1 is 1.02 bits per heavy atom. The fraction of sp³-hybridized carbons (Fsp3) is 0.194. The number of methoxy groups -OCH3 is 1. The molecule has 1 fully saturated rings. The Kier molecular flexibility index (Phi) is 7.90. The average Bonchev–Trinajstić information content (AvgIpc) is 3.02. The molecular formula is C31H27N5O5. The van der Waals surface area contributed by atoms with E-state index in [9.17, 15) is 19.5 Å². The number of nitrogens with zero attached hydrogens (tertiary/aromatic N) is 3. The second-order valence-electron chi connectivity index (χ2n) is 9.51. The number of hydrogen-bond donors (Lipinski definition) is 3. The Morgan fingerprint density at radius 2 is 1.78 bits per heavy atom. The number of likely N-dealkylation sites (tertiary alicyclic amines) is 1. The molecule has 41 heavy (non-hydrogen) atoms. The van der Waals surface area contributed by atoms with Crippen molar-refractivity contribution in [2.24, 2.45) is 5.84 Å². The predicted octanol–water partition coefficient (Wildman–Crippen LogP) is 3.39. The molecule has 0 bridgehead atoms. The SMILES string of the molecule is COc1cc(C#Cc2ccc(-c3cc(C(=O)NN)c4cnccc4n3)cc2)ccc1C(=O)N1CCCCC1C(=O)O. The summed E-state index contributed by atoms with van der Waals surface area (Å²) in [5, 5.41) is 10.2. The second-order valence-corrected chi connectivity index (χ2v) is 9.51. The highest BCUT2D eigenvalue weighted by atomic mass is 16.5. The first-order chi connectivity index (χ1) is 19.9. The molecule has 5 rings (SSSR count). The van der Waals surface area contributed by atoms with Crippen LogP contribution in [0.3, 0.4) is 0 Å². The van der Waals surface area contributed by atoms with Crippen molar-refractivity contribution in [3.05, 3.63) is 89.2 Å². The van der Waals surface area contributed by atoms with E-state index in [0.717, 1.165) is 24.0 Å². The first-order valence-corrected chi connectivity index (χ1v) is 13.0. The van der Waals surface area contributed by atoms with Crippen molar-refractivity contribution in [3.8, 4) is 28.8 Å². The van der Waals surface area contributed by atoms with Gasteiger partial charge in [-0.2, -0.15) is 0 Å². The Balaban J connectivity index is 1.38. The maximum atomic E-state index is 13.2.